The molecule has 1 aliphatic rings. The first kappa shape index (κ1) is 20.1. The zero-order chi connectivity index (χ0) is 19.6. The first-order valence-electron chi connectivity index (χ1n) is 8.49. The van der Waals surface area contributed by atoms with Crippen LogP contribution in [0.1, 0.15) is 6.92 Å². The topological polar surface area (TPSA) is 70.1 Å². The normalized spacial score (nSPS) is 15.7. The Kier molecular flexibility index (Phi) is 6.05. The molecule has 1 saturated heterocycles. The van der Waals surface area contributed by atoms with Crippen molar-refractivity contribution in [3.63, 3.8) is 0 Å². The minimum atomic E-state index is -3.91. The third-order valence-electron chi connectivity index (χ3n) is 4.36. The number of para-hydroxylation sites is 2. The van der Waals surface area contributed by atoms with Crippen LogP contribution in [-0.2, 0) is 10.0 Å². The predicted molar refractivity (Wildman–Crippen MR) is 107 cm³/mol. The van der Waals surface area contributed by atoms with Gasteiger partial charge >= 0.3 is 0 Å². The summed E-state index contributed by atoms with van der Waals surface area (Å²) in [5.74, 6) is 0.292. The van der Waals surface area contributed by atoms with E-state index < -0.39 is 15.8 Å². The summed E-state index contributed by atoms with van der Waals surface area (Å²) in [4.78, 5) is 1.81. The lowest BCUT2D eigenvalue weighted by molar-refractivity contribution is 0.336. The SMILES string of the molecule is CCOc1ccccc1N1CCN(S(=O)(=O)c2cc(Cl)cc(Cl)c2O)CC1. The van der Waals surface area contributed by atoms with Crippen molar-refractivity contribution in [1.29, 1.82) is 0 Å². The van der Waals surface area contributed by atoms with Gasteiger partial charge < -0.3 is 14.7 Å². The quantitative estimate of drug-likeness (QED) is 0.784. The molecule has 146 valence electrons. The van der Waals surface area contributed by atoms with Crippen molar-refractivity contribution in [3.8, 4) is 11.5 Å². The lowest BCUT2D eigenvalue weighted by atomic mass is 10.2. The fourth-order valence-electron chi connectivity index (χ4n) is 3.04. The van der Waals surface area contributed by atoms with Crippen LogP contribution in [-0.4, -0.2) is 50.6 Å². The van der Waals surface area contributed by atoms with Crippen molar-refractivity contribution in [2.24, 2.45) is 0 Å². The molecule has 1 N–H and O–H groups in total. The highest BCUT2D eigenvalue weighted by Crippen LogP contribution is 2.36. The third kappa shape index (κ3) is 4.11. The Hall–Kier alpha value is -1.67. The number of benzene rings is 2. The molecule has 0 radical (unpaired) electrons. The molecule has 6 nitrogen and oxygen atoms in total. The lowest BCUT2D eigenvalue weighted by Crippen LogP contribution is -2.48. The summed E-state index contributed by atoms with van der Waals surface area (Å²) in [5, 5.41) is 10.2. The monoisotopic (exact) mass is 430 g/mol. The van der Waals surface area contributed by atoms with E-state index in [4.69, 9.17) is 27.9 Å². The second-order valence-electron chi connectivity index (χ2n) is 6.03. The molecule has 0 amide bonds. The van der Waals surface area contributed by atoms with E-state index >= 15 is 0 Å². The van der Waals surface area contributed by atoms with Gasteiger partial charge in [0, 0.05) is 31.2 Å². The standard InChI is InChI=1S/C18H20Cl2N2O4S/c1-2-26-16-6-4-3-5-15(16)21-7-9-22(10-8-21)27(24,25)17-12-13(19)11-14(20)18(17)23/h3-6,11-12,23H,2,7-10H2,1H3. The van der Waals surface area contributed by atoms with Crippen LogP contribution in [0.3, 0.4) is 0 Å². The van der Waals surface area contributed by atoms with E-state index in [-0.39, 0.29) is 28.0 Å². The number of anilines is 1. The van der Waals surface area contributed by atoms with Gasteiger partial charge in [0.1, 0.15) is 10.6 Å². The number of phenolic OH excluding ortho intramolecular Hbond substituents is 1. The van der Waals surface area contributed by atoms with Gasteiger partial charge in [0.15, 0.2) is 5.75 Å². The van der Waals surface area contributed by atoms with Crippen molar-refractivity contribution in [3.05, 3.63) is 46.4 Å². The fraction of sp³-hybridized carbons (Fsp3) is 0.333. The van der Waals surface area contributed by atoms with Crippen LogP contribution in [0.5, 0.6) is 11.5 Å². The van der Waals surface area contributed by atoms with Gasteiger partial charge in [-0.05, 0) is 31.2 Å². The molecule has 3 rings (SSSR count). The first-order chi connectivity index (χ1) is 12.8. The van der Waals surface area contributed by atoms with Crippen LogP contribution >= 0.6 is 23.2 Å². The molecule has 0 atom stereocenters. The van der Waals surface area contributed by atoms with Gasteiger partial charge in [-0.3, -0.25) is 0 Å². The van der Waals surface area contributed by atoms with Crippen LogP contribution < -0.4 is 9.64 Å². The van der Waals surface area contributed by atoms with Crippen LogP contribution in [0.4, 0.5) is 5.69 Å². The maximum Gasteiger partial charge on any atom is 0.246 e. The van der Waals surface area contributed by atoms with Crippen LogP contribution in [0.2, 0.25) is 10.0 Å². The van der Waals surface area contributed by atoms with Crippen molar-refractivity contribution in [1.82, 2.24) is 4.31 Å². The number of nitrogens with zero attached hydrogens (tertiary/aromatic N) is 2. The number of phenols is 1. The molecule has 1 aliphatic heterocycles. The smallest absolute Gasteiger partial charge is 0.246 e. The molecular formula is C18H20Cl2N2O4S. The van der Waals surface area contributed by atoms with E-state index in [2.05, 4.69) is 4.90 Å². The number of sulfonamides is 1. The van der Waals surface area contributed by atoms with Gasteiger partial charge in [-0.15, -0.1) is 0 Å². The Morgan fingerprint density at radius 3 is 2.44 bits per heavy atom. The van der Waals surface area contributed by atoms with Crippen molar-refractivity contribution in [2.45, 2.75) is 11.8 Å². The van der Waals surface area contributed by atoms with Gasteiger partial charge in [0.25, 0.3) is 0 Å². The number of hydrogen-bond acceptors (Lipinski definition) is 5. The number of hydrogen-bond donors (Lipinski definition) is 1. The molecule has 27 heavy (non-hydrogen) atoms. The third-order valence-corrected chi connectivity index (χ3v) is 6.77. The first-order valence-corrected chi connectivity index (χ1v) is 10.7. The second kappa shape index (κ2) is 8.14. The number of ether oxygens (including phenoxy) is 1. The molecule has 0 unspecified atom stereocenters. The van der Waals surface area contributed by atoms with E-state index in [0.29, 0.717) is 19.7 Å². The number of halogens is 2. The van der Waals surface area contributed by atoms with Crippen LogP contribution in [0.15, 0.2) is 41.3 Å². The van der Waals surface area contributed by atoms with Crippen LogP contribution in [0, 0.1) is 0 Å². The zero-order valence-corrected chi connectivity index (χ0v) is 17.1. The predicted octanol–water partition coefficient (Wildman–Crippen LogP) is 3.61. The Bertz CT molecular complexity index is 929. The summed E-state index contributed by atoms with van der Waals surface area (Å²) in [7, 11) is -3.91. The molecule has 2 aromatic carbocycles. The molecule has 1 fully saturated rings. The lowest BCUT2D eigenvalue weighted by Gasteiger charge is -2.36. The summed E-state index contributed by atoms with van der Waals surface area (Å²) >= 11 is 11.8. The zero-order valence-electron chi connectivity index (χ0n) is 14.7. The number of aromatic hydroxyl groups is 1. The molecule has 0 spiro atoms. The summed E-state index contributed by atoms with van der Waals surface area (Å²) in [5.41, 5.74) is 0.935. The van der Waals surface area contributed by atoms with Gasteiger partial charge in [-0.2, -0.15) is 4.31 Å². The maximum atomic E-state index is 12.9. The number of piperazine rings is 1. The van der Waals surface area contributed by atoms with Gasteiger partial charge in [-0.25, -0.2) is 8.42 Å². The minimum absolute atomic E-state index is 0.0923. The average Bonchev–Trinajstić information content (AvgIpc) is 2.65. The van der Waals surface area contributed by atoms with Crippen molar-refractivity contribution >= 4 is 38.9 Å². The molecular weight excluding hydrogens is 411 g/mol. The van der Waals surface area contributed by atoms with E-state index in [1.165, 1.54) is 16.4 Å². The summed E-state index contributed by atoms with van der Waals surface area (Å²) < 4.78 is 32.8. The molecule has 0 saturated carbocycles. The summed E-state index contributed by atoms with van der Waals surface area (Å²) in [6.45, 7) is 4.01. The highest BCUT2D eigenvalue weighted by atomic mass is 35.5. The Morgan fingerprint density at radius 1 is 1.11 bits per heavy atom. The van der Waals surface area contributed by atoms with Gasteiger partial charge in [0.2, 0.25) is 10.0 Å². The highest BCUT2D eigenvalue weighted by Gasteiger charge is 2.32. The second-order valence-corrected chi connectivity index (χ2v) is 8.78. The van der Waals surface area contributed by atoms with E-state index in [1.54, 1.807) is 0 Å². The van der Waals surface area contributed by atoms with Gasteiger partial charge in [-0.1, -0.05) is 35.3 Å². The Morgan fingerprint density at radius 2 is 1.78 bits per heavy atom. The van der Waals surface area contributed by atoms with Crippen molar-refractivity contribution in [2.75, 3.05) is 37.7 Å². The summed E-state index contributed by atoms with van der Waals surface area (Å²) in [6, 6.07) is 10.2. The maximum absolute atomic E-state index is 12.9. The fourth-order valence-corrected chi connectivity index (χ4v) is 5.21. The van der Waals surface area contributed by atoms with Gasteiger partial charge in [0.05, 0.1) is 17.3 Å². The molecule has 0 bridgehead atoms. The molecule has 0 aromatic heterocycles. The number of rotatable bonds is 5. The molecule has 1 heterocycles. The van der Waals surface area contributed by atoms with E-state index in [9.17, 15) is 13.5 Å². The van der Waals surface area contributed by atoms with E-state index in [1.807, 2.05) is 31.2 Å². The largest absolute Gasteiger partial charge is 0.505 e. The van der Waals surface area contributed by atoms with Crippen LogP contribution in [0.25, 0.3) is 0 Å². The summed E-state index contributed by atoms with van der Waals surface area (Å²) in [6.07, 6.45) is 0. The average molecular weight is 431 g/mol. The Balaban J connectivity index is 1.80. The highest BCUT2D eigenvalue weighted by molar-refractivity contribution is 7.89. The molecule has 9 heteroatoms. The van der Waals surface area contributed by atoms with Crippen molar-refractivity contribution < 1.29 is 18.3 Å². The Labute approximate surface area is 168 Å². The molecule has 2 aromatic rings. The van der Waals surface area contributed by atoms with E-state index in [0.717, 1.165) is 11.4 Å². The minimum Gasteiger partial charge on any atom is -0.505 e. The molecule has 0 aliphatic carbocycles.